The van der Waals surface area contributed by atoms with Crippen molar-refractivity contribution in [3.05, 3.63) is 0 Å². The van der Waals surface area contributed by atoms with Crippen LogP contribution in [0.1, 0.15) is 25.7 Å². The van der Waals surface area contributed by atoms with Crippen LogP contribution in [0.25, 0.3) is 0 Å². The number of fused-ring (bicyclic) bond motifs is 2. The van der Waals surface area contributed by atoms with Gasteiger partial charge in [-0.1, -0.05) is 0 Å². The summed E-state index contributed by atoms with van der Waals surface area (Å²) in [6.45, 7) is 2.51. The molecule has 0 aliphatic carbocycles. The number of piperazine rings is 1. The smallest absolute Gasteiger partial charge is 0.412 e. The summed E-state index contributed by atoms with van der Waals surface area (Å²) in [6, 6.07) is 0.653. The zero-order valence-electron chi connectivity index (χ0n) is 9.35. The van der Waals surface area contributed by atoms with Crippen LogP contribution in [0.4, 0.5) is 4.79 Å². The van der Waals surface area contributed by atoms with Crippen LogP contribution in [0.15, 0.2) is 0 Å². The molecular weight excluding hydrogens is 208 g/mol. The minimum atomic E-state index is -0.304. The van der Waals surface area contributed by atoms with Crippen molar-refractivity contribution in [3.8, 4) is 0 Å². The van der Waals surface area contributed by atoms with Crippen molar-refractivity contribution in [3.63, 3.8) is 0 Å². The van der Waals surface area contributed by atoms with Crippen molar-refractivity contribution in [1.82, 2.24) is 10.2 Å². The van der Waals surface area contributed by atoms with Gasteiger partial charge in [-0.3, -0.25) is 4.90 Å². The summed E-state index contributed by atoms with van der Waals surface area (Å²) < 4.78 is 10.7. The number of carbonyl (C=O) groups is 1. The Hall–Kier alpha value is -0.810. The maximum atomic E-state index is 12.0. The van der Waals surface area contributed by atoms with Gasteiger partial charge >= 0.3 is 6.09 Å². The number of hydrogen-bond donors (Lipinski definition) is 1. The molecule has 0 aromatic carbocycles. The summed E-state index contributed by atoms with van der Waals surface area (Å²) in [4.78, 5) is 13.9. The van der Waals surface area contributed by atoms with Crippen LogP contribution in [0.2, 0.25) is 0 Å². The molecule has 1 N–H and O–H groups in total. The Balaban J connectivity index is 1.61. The van der Waals surface area contributed by atoms with E-state index in [1.807, 2.05) is 4.90 Å². The first-order chi connectivity index (χ1) is 7.84. The summed E-state index contributed by atoms with van der Waals surface area (Å²) in [5.41, 5.74) is 0. The minimum absolute atomic E-state index is 0.180. The van der Waals surface area contributed by atoms with E-state index in [1.165, 1.54) is 0 Å². The second-order valence-electron chi connectivity index (χ2n) is 4.78. The number of nitrogens with zero attached hydrogens (tertiary/aromatic N) is 1. The molecule has 16 heavy (non-hydrogen) atoms. The first-order valence-corrected chi connectivity index (χ1v) is 6.16. The Kier molecular flexibility index (Phi) is 2.73. The molecule has 3 fully saturated rings. The monoisotopic (exact) mass is 226 g/mol. The molecule has 3 unspecified atom stereocenters. The van der Waals surface area contributed by atoms with Gasteiger partial charge in [-0.2, -0.15) is 0 Å². The maximum absolute atomic E-state index is 12.0. The summed E-state index contributed by atoms with van der Waals surface area (Å²) in [5, 5.41) is 3.34. The van der Waals surface area contributed by atoms with Crippen molar-refractivity contribution in [1.29, 1.82) is 0 Å². The van der Waals surface area contributed by atoms with Crippen LogP contribution >= 0.6 is 0 Å². The maximum Gasteiger partial charge on any atom is 0.412 e. The zero-order chi connectivity index (χ0) is 11.0. The van der Waals surface area contributed by atoms with E-state index in [1.54, 1.807) is 0 Å². The van der Waals surface area contributed by atoms with Gasteiger partial charge in [0, 0.05) is 31.6 Å². The molecule has 3 heterocycles. The first kappa shape index (κ1) is 10.4. The highest BCUT2D eigenvalue weighted by Crippen LogP contribution is 2.28. The van der Waals surface area contributed by atoms with Gasteiger partial charge in [0.15, 0.2) is 0 Å². The molecule has 3 aliphatic rings. The Bertz CT molecular complexity index is 262. The molecule has 1 amide bonds. The van der Waals surface area contributed by atoms with Crippen LogP contribution in [0.5, 0.6) is 0 Å². The predicted octanol–water partition coefficient (Wildman–Crippen LogP) is 0.696. The van der Waals surface area contributed by atoms with E-state index in [4.69, 9.17) is 9.47 Å². The lowest BCUT2D eigenvalue weighted by molar-refractivity contribution is -0.0826. The van der Waals surface area contributed by atoms with Gasteiger partial charge in [-0.15, -0.1) is 0 Å². The average Bonchev–Trinajstić information content (AvgIpc) is 2.86. The number of nitrogens with one attached hydrogen (secondary N) is 1. The highest BCUT2D eigenvalue weighted by atomic mass is 16.7. The molecule has 0 spiro atoms. The highest BCUT2D eigenvalue weighted by molar-refractivity contribution is 5.69. The van der Waals surface area contributed by atoms with Crippen LogP contribution in [-0.2, 0) is 9.47 Å². The normalized spacial score (nSPS) is 37.8. The molecule has 0 radical (unpaired) electrons. The van der Waals surface area contributed by atoms with Crippen molar-refractivity contribution in [2.75, 3.05) is 19.7 Å². The summed E-state index contributed by atoms with van der Waals surface area (Å²) >= 11 is 0. The van der Waals surface area contributed by atoms with E-state index < -0.39 is 0 Å². The molecule has 5 nitrogen and oxygen atoms in total. The van der Waals surface area contributed by atoms with Gasteiger partial charge in [-0.25, -0.2) is 4.79 Å². The SMILES string of the molecule is O=C(OC1CCCO1)N1C2CCC1CNC2. The second-order valence-corrected chi connectivity index (χ2v) is 4.78. The Labute approximate surface area is 95.1 Å². The topological polar surface area (TPSA) is 50.8 Å². The van der Waals surface area contributed by atoms with E-state index in [-0.39, 0.29) is 12.4 Å². The van der Waals surface area contributed by atoms with E-state index in [2.05, 4.69) is 5.32 Å². The lowest BCUT2D eigenvalue weighted by atomic mass is 10.2. The molecule has 0 saturated carbocycles. The fourth-order valence-corrected chi connectivity index (χ4v) is 2.89. The van der Waals surface area contributed by atoms with Gasteiger partial charge in [0.05, 0.1) is 6.61 Å². The standard InChI is InChI=1S/C11H18N2O3/c14-11(16-10-2-1-5-15-10)13-8-3-4-9(13)7-12-6-8/h8-10,12H,1-7H2. The third-order valence-corrected chi connectivity index (χ3v) is 3.71. The Morgan fingerprint density at radius 1 is 1.25 bits per heavy atom. The van der Waals surface area contributed by atoms with Gasteiger partial charge in [0.25, 0.3) is 0 Å². The van der Waals surface area contributed by atoms with Crippen molar-refractivity contribution < 1.29 is 14.3 Å². The van der Waals surface area contributed by atoms with Crippen LogP contribution in [-0.4, -0.2) is 49.1 Å². The summed E-state index contributed by atoms with van der Waals surface area (Å²) in [7, 11) is 0. The third kappa shape index (κ3) is 1.78. The number of carbonyl (C=O) groups excluding carboxylic acids is 1. The van der Waals surface area contributed by atoms with Crippen LogP contribution in [0.3, 0.4) is 0 Å². The molecular formula is C11H18N2O3. The van der Waals surface area contributed by atoms with Crippen molar-refractivity contribution in [2.24, 2.45) is 0 Å². The number of hydrogen-bond acceptors (Lipinski definition) is 4. The molecule has 2 bridgehead atoms. The largest absolute Gasteiger partial charge is 0.419 e. The minimum Gasteiger partial charge on any atom is -0.419 e. The fourth-order valence-electron chi connectivity index (χ4n) is 2.89. The Morgan fingerprint density at radius 2 is 2.00 bits per heavy atom. The third-order valence-electron chi connectivity index (χ3n) is 3.71. The van der Waals surface area contributed by atoms with E-state index in [0.29, 0.717) is 18.7 Å². The average molecular weight is 226 g/mol. The van der Waals surface area contributed by atoms with Gasteiger partial charge in [0.2, 0.25) is 6.29 Å². The number of ether oxygens (including phenoxy) is 2. The van der Waals surface area contributed by atoms with Crippen LogP contribution < -0.4 is 5.32 Å². The Morgan fingerprint density at radius 3 is 2.62 bits per heavy atom. The van der Waals surface area contributed by atoms with E-state index in [0.717, 1.165) is 38.8 Å². The molecule has 90 valence electrons. The molecule has 0 aromatic heterocycles. The zero-order valence-corrected chi connectivity index (χ0v) is 9.35. The van der Waals surface area contributed by atoms with Crippen LogP contribution in [0, 0.1) is 0 Å². The van der Waals surface area contributed by atoms with E-state index >= 15 is 0 Å². The molecule has 0 aromatic rings. The summed E-state index contributed by atoms with van der Waals surface area (Å²) in [6.07, 6.45) is 3.54. The van der Waals surface area contributed by atoms with Gasteiger partial charge < -0.3 is 14.8 Å². The molecule has 5 heteroatoms. The molecule has 3 saturated heterocycles. The predicted molar refractivity (Wildman–Crippen MR) is 57.0 cm³/mol. The van der Waals surface area contributed by atoms with Gasteiger partial charge in [-0.05, 0) is 19.3 Å². The quantitative estimate of drug-likeness (QED) is 0.715. The second kappa shape index (κ2) is 4.22. The van der Waals surface area contributed by atoms with Crippen molar-refractivity contribution in [2.45, 2.75) is 44.1 Å². The molecule has 3 rings (SSSR count). The fraction of sp³-hybridized carbons (Fsp3) is 0.909. The first-order valence-electron chi connectivity index (χ1n) is 6.16. The number of amides is 1. The van der Waals surface area contributed by atoms with Gasteiger partial charge in [0.1, 0.15) is 0 Å². The summed E-state index contributed by atoms with van der Waals surface area (Å²) in [5.74, 6) is 0. The van der Waals surface area contributed by atoms with E-state index in [9.17, 15) is 4.79 Å². The molecule has 3 aliphatic heterocycles. The number of rotatable bonds is 1. The highest BCUT2D eigenvalue weighted by Gasteiger charge is 2.41. The molecule has 3 atom stereocenters. The van der Waals surface area contributed by atoms with Crippen molar-refractivity contribution >= 4 is 6.09 Å². The lowest BCUT2D eigenvalue weighted by Crippen LogP contribution is -2.54. The lowest BCUT2D eigenvalue weighted by Gasteiger charge is -2.34.